The Morgan fingerprint density at radius 2 is 2.08 bits per heavy atom. The van der Waals surface area contributed by atoms with Crippen molar-refractivity contribution < 1.29 is 4.74 Å². The molecule has 1 aromatic rings. The lowest BCUT2D eigenvalue weighted by atomic mass is 9.86. The smallest absolute Gasteiger partial charge is 0.191 e. The molecule has 0 saturated carbocycles. The lowest BCUT2D eigenvalue weighted by Crippen LogP contribution is -2.51. The molecule has 0 atom stereocenters. The molecule has 2 N–H and O–H groups in total. The van der Waals surface area contributed by atoms with Crippen LogP contribution in [0.2, 0.25) is 5.02 Å². The third-order valence-electron chi connectivity index (χ3n) is 4.16. The van der Waals surface area contributed by atoms with Gasteiger partial charge in [-0.2, -0.15) is 0 Å². The number of benzene rings is 1. The van der Waals surface area contributed by atoms with Gasteiger partial charge in [0.15, 0.2) is 5.96 Å². The van der Waals surface area contributed by atoms with Gasteiger partial charge in [0.1, 0.15) is 0 Å². The van der Waals surface area contributed by atoms with Gasteiger partial charge < -0.3 is 15.4 Å². The van der Waals surface area contributed by atoms with Crippen molar-refractivity contribution in [1.82, 2.24) is 10.6 Å². The minimum atomic E-state index is 0.0660. The highest BCUT2D eigenvalue weighted by atomic mass is 35.5. The molecular weight excluding hydrogens is 322 g/mol. The molecule has 1 fully saturated rings. The molecule has 1 heterocycles. The Bertz CT molecular complexity index is 567. The molecule has 0 bridgehead atoms. The van der Waals surface area contributed by atoms with E-state index in [1.54, 1.807) is 0 Å². The highest BCUT2D eigenvalue weighted by molar-refractivity contribution is 6.30. The lowest BCUT2D eigenvalue weighted by Gasteiger charge is -2.38. The molecule has 134 valence electrons. The molecule has 0 amide bonds. The number of halogens is 1. The van der Waals surface area contributed by atoms with Crippen LogP contribution in [0, 0.1) is 10.8 Å². The predicted molar refractivity (Wildman–Crippen MR) is 102 cm³/mol. The van der Waals surface area contributed by atoms with Gasteiger partial charge in [0.25, 0.3) is 0 Å². The van der Waals surface area contributed by atoms with E-state index < -0.39 is 0 Å². The summed E-state index contributed by atoms with van der Waals surface area (Å²) in [7, 11) is 0. The van der Waals surface area contributed by atoms with E-state index in [4.69, 9.17) is 21.3 Å². The Hall–Kier alpha value is -1.26. The van der Waals surface area contributed by atoms with Gasteiger partial charge in [0, 0.05) is 30.1 Å². The first-order chi connectivity index (χ1) is 11.3. The quantitative estimate of drug-likeness (QED) is 0.583. The van der Waals surface area contributed by atoms with Gasteiger partial charge in [-0.15, -0.1) is 0 Å². The highest BCUT2D eigenvalue weighted by Gasteiger charge is 2.33. The van der Waals surface area contributed by atoms with E-state index >= 15 is 0 Å². The molecule has 0 aromatic heterocycles. The molecule has 0 spiro atoms. The van der Waals surface area contributed by atoms with Crippen LogP contribution in [-0.2, 0) is 11.2 Å². The van der Waals surface area contributed by atoms with E-state index in [2.05, 4.69) is 44.4 Å². The van der Waals surface area contributed by atoms with Crippen LogP contribution >= 0.6 is 11.6 Å². The molecule has 5 heteroatoms. The second-order valence-electron chi connectivity index (χ2n) is 7.82. The van der Waals surface area contributed by atoms with Gasteiger partial charge in [-0.25, -0.2) is 0 Å². The van der Waals surface area contributed by atoms with Crippen LogP contribution in [0.1, 0.15) is 33.3 Å². The topological polar surface area (TPSA) is 45.7 Å². The average Bonchev–Trinajstić information content (AvgIpc) is 2.48. The number of nitrogens with zero attached hydrogens (tertiary/aromatic N) is 1. The normalized spacial score (nSPS) is 17.3. The number of aliphatic imine (C=N–C) groups is 1. The van der Waals surface area contributed by atoms with Crippen molar-refractivity contribution in [2.45, 2.75) is 34.1 Å². The van der Waals surface area contributed by atoms with Crippen LogP contribution in [0.4, 0.5) is 0 Å². The van der Waals surface area contributed by atoms with Crippen LogP contribution in [0.3, 0.4) is 0 Å². The van der Waals surface area contributed by atoms with Crippen molar-refractivity contribution in [3.63, 3.8) is 0 Å². The first-order valence-corrected chi connectivity index (χ1v) is 9.04. The van der Waals surface area contributed by atoms with Crippen molar-refractivity contribution in [3.05, 3.63) is 34.9 Å². The van der Waals surface area contributed by atoms with Gasteiger partial charge in [-0.1, -0.05) is 44.5 Å². The van der Waals surface area contributed by atoms with Crippen LogP contribution in [0.15, 0.2) is 29.3 Å². The second kappa shape index (κ2) is 8.21. The van der Waals surface area contributed by atoms with E-state index in [-0.39, 0.29) is 10.8 Å². The molecule has 24 heavy (non-hydrogen) atoms. The van der Waals surface area contributed by atoms with Gasteiger partial charge in [-0.05, 0) is 36.5 Å². The van der Waals surface area contributed by atoms with Gasteiger partial charge >= 0.3 is 0 Å². The summed E-state index contributed by atoms with van der Waals surface area (Å²) in [6.07, 6.45) is 0.946. The minimum Gasteiger partial charge on any atom is -0.380 e. The van der Waals surface area contributed by atoms with Crippen molar-refractivity contribution in [1.29, 1.82) is 0 Å². The third-order valence-corrected chi connectivity index (χ3v) is 4.40. The Kier molecular flexibility index (Phi) is 6.53. The molecule has 1 saturated heterocycles. The molecule has 1 aromatic carbocycles. The van der Waals surface area contributed by atoms with E-state index in [0.29, 0.717) is 0 Å². The molecule has 0 radical (unpaired) electrons. The second-order valence-corrected chi connectivity index (χ2v) is 8.26. The summed E-state index contributed by atoms with van der Waals surface area (Å²) >= 11 is 6.09. The Balaban J connectivity index is 1.92. The maximum atomic E-state index is 6.09. The largest absolute Gasteiger partial charge is 0.380 e. The standard InChI is InChI=1S/C19H30ClN3O/c1-5-21-17(23-12-19(4)13-24-14-19)22-11-18(2,3)10-15-7-6-8-16(20)9-15/h6-9H,5,10-14H2,1-4H3,(H2,21,22,23). The lowest BCUT2D eigenvalue weighted by molar-refractivity contribution is -0.0971. The molecule has 1 aliphatic heterocycles. The first-order valence-electron chi connectivity index (χ1n) is 8.66. The van der Waals surface area contributed by atoms with E-state index in [1.807, 2.05) is 18.2 Å². The zero-order chi connectivity index (χ0) is 17.6. The third kappa shape index (κ3) is 5.99. The highest BCUT2D eigenvalue weighted by Crippen LogP contribution is 2.25. The molecular formula is C19H30ClN3O. The Morgan fingerprint density at radius 1 is 1.33 bits per heavy atom. The fourth-order valence-corrected chi connectivity index (χ4v) is 2.95. The SMILES string of the molecule is CCNC(=NCC(C)(C)Cc1cccc(Cl)c1)NCC1(C)COC1. The van der Waals surface area contributed by atoms with Gasteiger partial charge in [-0.3, -0.25) is 4.99 Å². The van der Waals surface area contributed by atoms with Crippen molar-refractivity contribution >= 4 is 17.6 Å². The number of rotatable bonds is 7. The molecule has 1 aliphatic rings. The van der Waals surface area contributed by atoms with Crippen LogP contribution in [0.5, 0.6) is 0 Å². The predicted octanol–water partition coefficient (Wildman–Crippen LogP) is 3.50. The monoisotopic (exact) mass is 351 g/mol. The molecule has 2 rings (SSSR count). The van der Waals surface area contributed by atoms with E-state index in [9.17, 15) is 0 Å². The van der Waals surface area contributed by atoms with Crippen molar-refractivity contribution in [3.8, 4) is 0 Å². The number of hydrogen-bond donors (Lipinski definition) is 2. The summed E-state index contributed by atoms with van der Waals surface area (Å²) in [6.45, 7) is 12.9. The fraction of sp³-hybridized carbons (Fsp3) is 0.632. The van der Waals surface area contributed by atoms with E-state index in [0.717, 1.165) is 50.3 Å². The zero-order valence-electron chi connectivity index (χ0n) is 15.3. The zero-order valence-corrected chi connectivity index (χ0v) is 16.0. The van der Waals surface area contributed by atoms with E-state index in [1.165, 1.54) is 5.56 Å². The molecule has 0 aliphatic carbocycles. The average molecular weight is 352 g/mol. The fourth-order valence-electron chi connectivity index (χ4n) is 2.74. The summed E-state index contributed by atoms with van der Waals surface area (Å²) in [5, 5.41) is 7.56. The first kappa shape index (κ1) is 19.1. The number of guanidine groups is 1. The summed E-state index contributed by atoms with van der Waals surface area (Å²) in [5.74, 6) is 0.879. The van der Waals surface area contributed by atoms with Crippen LogP contribution < -0.4 is 10.6 Å². The minimum absolute atomic E-state index is 0.0660. The maximum Gasteiger partial charge on any atom is 0.191 e. The van der Waals surface area contributed by atoms with Crippen LogP contribution in [-0.4, -0.2) is 38.8 Å². The number of ether oxygens (including phenoxy) is 1. The summed E-state index contributed by atoms with van der Waals surface area (Å²) in [5.41, 5.74) is 1.54. The summed E-state index contributed by atoms with van der Waals surface area (Å²) < 4.78 is 5.31. The van der Waals surface area contributed by atoms with Gasteiger partial charge in [0.2, 0.25) is 0 Å². The summed E-state index contributed by atoms with van der Waals surface area (Å²) in [4.78, 5) is 4.79. The Morgan fingerprint density at radius 3 is 2.67 bits per heavy atom. The van der Waals surface area contributed by atoms with Crippen LogP contribution in [0.25, 0.3) is 0 Å². The maximum absolute atomic E-state index is 6.09. The van der Waals surface area contributed by atoms with Gasteiger partial charge in [0.05, 0.1) is 13.2 Å². The van der Waals surface area contributed by atoms with Crippen molar-refractivity contribution in [2.75, 3.05) is 32.8 Å². The Labute approximate surface area is 151 Å². The summed E-state index contributed by atoms with van der Waals surface area (Å²) in [6, 6.07) is 8.07. The molecule has 0 unspecified atom stereocenters. The number of hydrogen-bond acceptors (Lipinski definition) is 2. The molecule has 4 nitrogen and oxygen atoms in total. The van der Waals surface area contributed by atoms with Crippen molar-refractivity contribution in [2.24, 2.45) is 15.8 Å². The number of nitrogens with one attached hydrogen (secondary N) is 2.